The fourth-order valence-corrected chi connectivity index (χ4v) is 4.46. The van der Waals surface area contributed by atoms with Crippen molar-refractivity contribution in [3.8, 4) is 5.75 Å². The second kappa shape index (κ2) is 7.24. The summed E-state index contributed by atoms with van der Waals surface area (Å²) in [5, 5.41) is 3.25. The normalized spacial score (nSPS) is 29.5. The Bertz CT molecular complexity index is 615. The van der Waals surface area contributed by atoms with E-state index in [1.165, 1.54) is 37.9 Å². The van der Waals surface area contributed by atoms with Gasteiger partial charge in [0.05, 0.1) is 7.11 Å². The van der Waals surface area contributed by atoms with Crippen LogP contribution in [0.2, 0.25) is 0 Å². The molecule has 0 spiro atoms. The molecule has 0 unspecified atom stereocenters. The predicted octanol–water partition coefficient (Wildman–Crippen LogP) is 2.82. The highest BCUT2D eigenvalue weighted by atomic mass is 16.5. The summed E-state index contributed by atoms with van der Waals surface area (Å²) >= 11 is 0. The van der Waals surface area contributed by atoms with Crippen molar-refractivity contribution >= 4 is 6.03 Å². The summed E-state index contributed by atoms with van der Waals surface area (Å²) in [5.74, 6) is 1.32. The molecule has 1 saturated carbocycles. The van der Waals surface area contributed by atoms with Crippen molar-refractivity contribution in [3.05, 3.63) is 29.8 Å². The van der Waals surface area contributed by atoms with Gasteiger partial charge in [0.1, 0.15) is 5.75 Å². The van der Waals surface area contributed by atoms with Crippen LogP contribution in [0.1, 0.15) is 43.6 Å². The summed E-state index contributed by atoms with van der Waals surface area (Å²) in [6, 6.07) is 9.07. The second-order valence-corrected chi connectivity index (χ2v) is 7.63. The second-order valence-electron chi connectivity index (χ2n) is 7.63. The molecule has 1 aromatic carbocycles. The largest absolute Gasteiger partial charge is 0.496 e. The predicted molar refractivity (Wildman–Crippen MR) is 98.1 cm³/mol. The number of hydrogen-bond donors (Lipinski definition) is 1. The van der Waals surface area contributed by atoms with Crippen LogP contribution in [0.15, 0.2) is 24.3 Å². The van der Waals surface area contributed by atoms with Crippen LogP contribution in [-0.2, 0) is 0 Å². The number of nitrogens with one attached hydrogen (secondary N) is 1. The number of rotatable bonds is 4. The minimum Gasteiger partial charge on any atom is -0.496 e. The maximum absolute atomic E-state index is 12.7. The lowest BCUT2D eigenvalue weighted by Crippen LogP contribution is -2.52. The van der Waals surface area contributed by atoms with Gasteiger partial charge in [-0.3, -0.25) is 4.90 Å². The molecular weight excluding hydrogens is 314 g/mol. The number of methoxy groups -OCH3 is 1. The van der Waals surface area contributed by atoms with Gasteiger partial charge in [0.2, 0.25) is 0 Å². The van der Waals surface area contributed by atoms with Gasteiger partial charge in [-0.15, -0.1) is 0 Å². The lowest BCUT2D eigenvalue weighted by Gasteiger charge is -2.37. The SMILES string of the molecule is COc1ccccc1[C@@H]1C[C@H]1NC(=O)N1CCC[C@@H](N2CCCC2)C1. The zero-order chi connectivity index (χ0) is 17.2. The molecule has 2 aliphatic heterocycles. The number of piperidine rings is 1. The molecule has 1 N–H and O–H groups in total. The summed E-state index contributed by atoms with van der Waals surface area (Å²) in [7, 11) is 1.71. The average molecular weight is 343 g/mol. The van der Waals surface area contributed by atoms with E-state index in [9.17, 15) is 4.79 Å². The molecule has 5 nitrogen and oxygen atoms in total. The number of carbonyl (C=O) groups is 1. The Morgan fingerprint density at radius 2 is 1.96 bits per heavy atom. The van der Waals surface area contributed by atoms with Gasteiger partial charge < -0.3 is 15.0 Å². The number of urea groups is 1. The molecule has 3 aliphatic rings. The number of benzene rings is 1. The minimum absolute atomic E-state index is 0.117. The molecule has 2 saturated heterocycles. The molecule has 0 bridgehead atoms. The highest BCUT2D eigenvalue weighted by molar-refractivity contribution is 5.75. The molecule has 25 heavy (non-hydrogen) atoms. The molecule has 4 rings (SSSR count). The van der Waals surface area contributed by atoms with Crippen molar-refractivity contribution in [3.63, 3.8) is 0 Å². The molecule has 3 atom stereocenters. The molecule has 1 aliphatic carbocycles. The van der Waals surface area contributed by atoms with Gasteiger partial charge in [0, 0.05) is 31.1 Å². The highest BCUT2D eigenvalue weighted by Gasteiger charge is 2.42. The Kier molecular flexibility index (Phi) is 4.84. The molecule has 136 valence electrons. The van der Waals surface area contributed by atoms with Crippen LogP contribution in [0.5, 0.6) is 5.75 Å². The van der Waals surface area contributed by atoms with E-state index in [0.717, 1.165) is 31.7 Å². The Morgan fingerprint density at radius 1 is 1.16 bits per heavy atom. The average Bonchev–Trinajstić information content (AvgIpc) is 3.19. The third-order valence-corrected chi connectivity index (χ3v) is 5.98. The first-order chi connectivity index (χ1) is 12.3. The van der Waals surface area contributed by atoms with E-state index in [2.05, 4.69) is 16.3 Å². The number of amides is 2. The van der Waals surface area contributed by atoms with E-state index in [0.29, 0.717) is 12.0 Å². The van der Waals surface area contributed by atoms with E-state index in [1.54, 1.807) is 7.11 Å². The summed E-state index contributed by atoms with van der Waals surface area (Å²) in [6.45, 7) is 4.19. The zero-order valence-electron chi connectivity index (χ0n) is 15.1. The lowest BCUT2D eigenvalue weighted by atomic mass is 10.0. The van der Waals surface area contributed by atoms with Crippen molar-refractivity contribution in [1.82, 2.24) is 15.1 Å². The first-order valence-corrected chi connectivity index (χ1v) is 9.68. The molecular formula is C20H29N3O2. The summed E-state index contributed by atoms with van der Waals surface area (Å²) in [4.78, 5) is 17.3. The standard InChI is InChI=1S/C20H29N3O2/c1-25-19-9-3-2-8-16(19)17-13-18(17)21-20(24)23-12-6-7-15(14-23)22-10-4-5-11-22/h2-3,8-9,15,17-18H,4-7,10-14H2,1H3,(H,21,24)/t15-,17+,18-/m1/s1. The topological polar surface area (TPSA) is 44.8 Å². The Morgan fingerprint density at radius 3 is 2.76 bits per heavy atom. The van der Waals surface area contributed by atoms with Crippen molar-refractivity contribution in [1.29, 1.82) is 0 Å². The number of para-hydroxylation sites is 1. The van der Waals surface area contributed by atoms with Gasteiger partial charge >= 0.3 is 6.03 Å². The number of carbonyl (C=O) groups excluding carboxylic acids is 1. The quantitative estimate of drug-likeness (QED) is 0.914. The molecule has 1 aromatic rings. The molecule has 5 heteroatoms. The lowest BCUT2D eigenvalue weighted by molar-refractivity contribution is 0.125. The first kappa shape index (κ1) is 16.7. The number of hydrogen-bond acceptors (Lipinski definition) is 3. The van der Waals surface area contributed by atoms with Crippen molar-refractivity contribution < 1.29 is 9.53 Å². The Balaban J connectivity index is 1.32. The Labute approximate surface area is 150 Å². The summed E-state index contributed by atoms with van der Waals surface area (Å²) in [6.07, 6.45) is 5.98. The minimum atomic E-state index is 0.117. The van der Waals surface area contributed by atoms with Gasteiger partial charge in [-0.1, -0.05) is 18.2 Å². The van der Waals surface area contributed by atoms with Gasteiger partial charge in [-0.05, 0) is 56.8 Å². The number of nitrogens with zero attached hydrogens (tertiary/aromatic N) is 2. The van der Waals surface area contributed by atoms with Crippen LogP contribution in [0, 0.1) is 0 Å². The summed E-state index contributed by atoms with van der Waals surface area (Å²) < 4.78 is 5.46. The summed E-state index contributed by atoms with van der Waals surface area (Å²) in [5.41, 5.74) is 1.21. The maximum Gasteiger partial charge on any atom is 0.317 e. The van der Waals surface area contributed by atoms with Crippen LogP contribution in [0.25, 0.3) is 0 Å². The first-order valence-electron chi connectivity index (χ1n) is 9.68. The van der Waals surface area contributed by atoms with Gasteiger partial charge in [-0.25, -0.2) is 4.79 Å². The van der Waals surface area contributed by atoms with Crippen LogP contribution in [0.4, 0.5) is 4.79 Å². The third-order valence-electron chi connectivity index (χ3n) is 5.98. The van der Waals surface area contributed by atoms with Crippen molar-refractivity contribution in [2.45, 2.75) is 50.1 Å². The van der Waals surface area contributed by atoms with Crippen LogP contribution in [-0.4, -0.2) is 61.2 Å². The van der Waals surface area contributed by atoms with Crippen LogP contribution >= 0.6 is 0 Å². The van der Waals surface area contributed by atoms with Gasteiger partial charge in [0.15, 0.2) is 0 Å². The van der Waals surface area contributed by atoms with E-state index in [4.69, 9.17) is 4.74 Å². The highest BCUT2D eigenvalue weighted by Crippen LogP contribution is 2.44. The van der Waals surface area contributed by atoms with Gasteiger partial charge in [0.25, 0.3) is 0 Å². The van der Waals surface area contributed by atoms with Crippen molar-refractivity contribution in [2.75, 3.05) is 33.3 Å². The number of likely N-dealkylation sites (tertiary alicyclic amines) is 2. The Hall–Kier alpha value is -1.75. The third kappa shape index (κ3) is 3.61. The smallest absolute Gasteiger partial charge is 0.317 e. The van der Waals surface area contributed by atoms with Gasteiger partial charge in [-0.2, -0.15) is 0 Å². The molecule has 2 heterocycles. The monoisotopic (exact) mass is 343 g/mol. The number of ether oxygens (including phenoxy) is 1. The van der Waals surface area contributed by atoms with E-state index in [-0.39, 0.29) is 12.1 Å². The van der Waals surface area contributed by atoms with E-state index >= 15 is 0 Å². The molecule has 0 aromatic heterocycles. The fourth-order valence-electron chi connectivity index (χ4n) is 4.46. The maximum atomic E-state index is 12.7. The zero-order valence-corrected chi connectivity index (χ0v) is 15.1. The van der Waals surface area contributed by atoms with E-state index in [1.807, 2.05) is 23.1 Å². The molecule has 0 radical (unpaired) electrons. The van der Waals surface area contributed by atoms with Crippen LogP contribution < -0.4 is 10.1 Å². The van der Waals surface area contributed by atoms with Crippen LogP contribution in [0.3, 0.4) is 0 Å². The molecule has 2 amide bonds. The van der Waals surface area contributed by atoms with Crippen molar-refractivity contribution in [2.24, 2.45) is 0 Å². The molecule has 3 fully saturated rings. The van der Waals surface area contributed by atoms with E-state index < -0.39 is 0 Å². The fraction of sp³-hybridized carbons (Fsp3) is 0.650.